The molecule has 1 aromatic heterocycles. The zero-order valence-electron chi connectivity index (χ0n) is 14.1. The van der Waals surface area contributed by atoms with Gasteiger partial charge in [0.1, 0.15) is 5.82 Å². The molecule has 0 spiro atoms. The van der Waals surface area contributed by atoms with Crippen LogP contribution in [0.5, 0.6) is 0 Å². The summed E-state index contributed by atoms with van der Waals surface area (Å²) in [6, 6.07) is 11.8. The molecule has 5 nitrogen and oxygen atoms in total. The van der Waals surface area contributed by atoms with Crippen molar-refractivity contribution in [2.24, 2.45) is 0 Å². The van der Waals surface area contributed by atoms with E-state index in [1.54, 1.807) is 4.90 Å². The molecule has 0 N–H and O–H groups in total. The molecule has 1 amide bonds. The van der Waals surface area contributed by atoms with Gasteiger partial charge in [0.2, 0.25) is 0 Å². The first-order valence-electron chi connectivity index (χ1n) is 8.29. The van der Waals surface area contributed by atoms with Gasteiger partial charge in [0.25, 0.3) is 5.91 Å². The number of fused-ring (bicyclic) bond motifs is 2. The number of benzene rings is 2. The average Bonchev–Trinajstić information content (AvgIpc) is 2.78. The fraction of sp³-hybridized carbons (Fsp3) is 0.211. The molecule has 0 unspecified atom stereocenters. The molecular weight excluding hydrogens is 446 g/mol. The number of hydrogen-bond donors (Lipinski definition) is 0. The van der Waals surface area contributed by atoms with Crippen LogP contribution in [0.2, 0.25) is 0 Å². The smallest absolute Gasteiger partial charge is 0.260 e. The number of nitrogens with zero attached hydrogens (tertiary/aromatic N) is 4. The lowest BCUT2D eigenvalue weighted by atomic mass is 10.2. The third-order valence-electron chi connectivity index (χ3n) is 4.43. The highest BCUT2D eigenvalue weighted by Crippen LogP contribution is 2.31. The van der Waals surface area contributed by atoms with Crippen LogP contribution >= 0.6 is 22.6 Å². The van der Waals surface area contributed by atoms with E-state index >= 15 is 0 Å². The minimum atomic E-state index is -0.354. The predicted octanol–water partition coefficient (Wildman–Crippen LogP) is 3.86. The Kier molecular flexibility index (Phi) is 4.47. The first kappa shape index (κ1) is 17.1. The summed E-state index contributed by atoms with van der Waals surface area (Å²) in [5.74, 6) is 0.698. The van der Waals surface area contributed by atoms with Crippen molar-refractivity contribution in [3.8, 4) is 0 Å². The van der Waals surface area contributed by atoms with Crippen molar-refractivity contribution >= 4 is 51.2 Å². The Bertz CT molecular complexity index is 1010. The second-order valence-corrected chi connectivity index (χ2v) is 7.38. The first-order valence-corrected chi connectivity index (χ1v) is 9.37. The van der Waals surface area contributed by atoms with E-state index in [-0.39, 0.29) is 11.7 Å². The summed E-state index contributed by atoms with van der Waals surface area (Å²) in [5.41, 5.74) is 2.01. The first-order chi connectivity index (χ1) is 12.5. The predicted molar refractivity (Wildman–Crippen MR) is 108 cm³/mol. The lowest BCUT2D eigenvalue weighted by Gasteiger charge is -2.23. The molecule has 0 bridgehead atoms. The van der Waals surface area contributed by atoms with E-state index in [2.05, 4.69) is 0 Å². The molecule has 4 rings (SSSR count). The summed E-state index contributed by atoms with van der Waals surface area (Å²) < 4.78 is 14.0. The number of hydrogen-bond acceptors (Lipinski definition) is 4. The Hall–Kier alpha value is -2.29. The molecule has 3 aromatic rings. The summed E-state index contributed by atoms with van der Waals surface area (Å²) in [7, 11) is 1.96. The lowest BCUT2D eigenvalue weighted by molar-refractivity contribution is 0.0985. The van der Waals surface area contributed by atoms with Crippen LogP contribution in [-0.4, -0.2) is 36.0 Å². The van der Waals surface area contributed by atoms with E-state index < -0.39 is 0 Å². The summed E-state index contributed by atoms with van der Waals surface area (Å²) in [5, 5.41) is 0. The minimum absolute atomic E-state index is 0.185. The van der Waals surface area contributed by atoms with Crippen molar-refractivity contribution in [3.05, 3.63) is 57.4 Å². The maximum atomic E-state index is 13.4. The second-order valence-electron chi connectivity index (χ2n) is 6.22. The fourth-order valence-corrected chi connectivity index (χ4v) is 3.81. The second kappa shape index (κ2) is 6.79. The number of anilines is 2. The van der Waals surface area contributed by atoms with Crippen molar-refractivity contribution < 1.29 is 9.18 Å². The molecule has 1 aliphatic rings. The Balaban J connectivity index is 1.86. The van der Waals surface area contributed by atoms with Gasteiger partial charge in [0, 0.05) is 23.7 Å². The van der Waals surface area contributed by atoms with Crippen LogP contribution in [0, 0.1) is 9.39 Å². The molecule has 0 atom stereocenters. The highest BCUT2D eigenvalue weighted by Gasteiger charge is 2.28. The molecule has 7 heteroatoms. The topological polar surface area (TPSA) is 49.3 Å². The zero-order chi connectivity index (χ0) is 18.3. The van der Waals surface area contributed by atoms with Crippen molar-refractivity contribution in [3.63, 3.8) is 0 Å². The Morgan fingerprint density at radius 1 is 1.08 bits per heavy atom. The number of halogens is 2. The van der Waals surface area contributed by atoms with Gasteiger partial charge in [-0.1, -0.05) is 12.1 Å². The van der Waals surface area contributed by atoms with Gasteiger partial charge in [-0.2, -0.15) is 0 Å². The molecule has 0 saturated heterocycles. The number of aromatic nitrogens is 2. The van der Waals surface area contributed by atoms with Gasteiger partial charge in [0.15, 0.2) is 11.6 Å². The van der Waals surface area contributed by atoms with Gasteiger partial charge in [0.05, 0.1) is 16.6 Å². The highest BCUT2D eigenvalue weighted by molar-refractivity contribution is 14.1. The average molecular weight is 462 g/mol. The summed E-state index contributed by atoms with van der Waals surface area (Å²) in [6.07, 6.45) is 0.800. The van der Waals surface area contributed by atoms with E-state index in [0.717, 1.165) is 24.0 Å². The monoisotopic (exact) mass is 462 g/mol. The Morgan fingerprint density at radius 2 is 1.77 bits per heavy atom. The number of carbonyl (C=O) groups excluding carboxylic acids is 1. The number of amides is 1. The third kappa shape index (κ3) is 3.00. The van der Waals surface area contributed by atoms with Gasteiger partial charge in [-0.25, -0.2) is 14.4 Å². The van der Waals surface area contributed by atoms with E-state index in [4.69, 9.17) is 9.97 Å². The van der Waals surface area contributed by atoms with E-state index in [1.165, 1.54) is 18.2 Å². The SMILES string of the molecule is CN1CCCN(C(=O)c2ccc(F)cc2I)c2nc3ccccc3nc21. The van der Waals surface area contributed by atoms with Crippen LogP contribution in [0.1, 0.15) is 16.8 Å². The van der Waals surface area contributed by atoms with Gasteiger partial charge in [-0.05, 0) is 59.3 Å². The molecule has 2 heterocycles. The van der Waals surface area contributed by atoms with Crippen molar-refractivity contribution in [2.45, 2.75) is 6.42 Å². The van der Waals surface area contributed by atoms with Gasteiger partial charge in [-0.15, -0.1) is 0 Å². The van der Waals surface area contributed by atoms with Crippen molar-refractivity contribution in [2.75, 3.05) is 29.9 Å². The molecule has 0 saturated carbocycles. The molecule has 2 aromatic carbocycles. The van der Waals surface area contributed by atoms with Crippen molar-refractivity contribution in [1.82, 2.24) is 9.97 Å². The molecule has 0 radical (unpaired) electrons. The largest absolute Gasteiger partial charge is 0.357 e. The van der Waals surface area contributed by atoms with Crippen LogP contribution < -0.4 is 9.80 Å². The van der Waals surface area contributed by atoms with E-state index in [0.29, 0.717) is 27.3 Å². The quantitative estimate of drug-likeness (QED) is 0.516. The Morgan fingerprint density at radius 3 is 2.46 bits per heavy atom. The maximum Gasteiger partial charge on any atom is 0.260 e. The minimum Gasteiger partial charge on any atom is -0.357 e. The zero-order valence-corrected chi connectivity index (χ0v) is 16.3. The standard InChI is InChI=1S/C19H16FIN4O/c1-24-9-4-10-25(19(26)13-8-7-12(20)11-14(13)21)18-17(24)22-15-5-2-3-6-16(15)23-18/h2-3,5-8,11H,4,9-10H2,1H3. The third-order valence-corrected chi connectivity index (χ3v) is 5.33. The van der Waals surface area contributed by atoms with Crippen LogP contribution in [-0.2, 0) is 0 Å². The number of carbonyl (C=O) groups is 1. The van der Waals surface area contributed by atoms with Crippen LogP contribution in [0.4, 0.5) is 16.0 Å². The number of para-hydroxylation sites is 2. The highest BCUT2D eigenvalue weighted by atomic mass is 127. The van der Waals surface area contributed by atoms with Gasteiger partial charge in [-0.3, -0.25) is 9.69 Å². The molecule has 0 fully saturated rings. The molecule has 0 aliphatic carbocycles. The summed E-state index contributed by atoms with van der Waals surface area (Å²) >= 11 is 1.99. The molecule has 132 valence electrons. The van der Waals surface area contributed by atoms with Crippen LogP contribution in [0.3, 0.4) is 0 Å². The van der Waals surface area contributed by atoms with Crippen LogP contribution in [0.25, 0.3) is 11.0 Å². The van der Waals surface area contributed by atoms with Gasteiger partial charge >= 0.3 is 0 Å². The molecule has 1 aliphatic heterocycles. The van der Waals surface area contributed by atoms with Gasteiger partial charge < -0.3 is 4.90 Å². The summed E-state index contributed by atoms with van der Waals surface area (Å²) in [4.78, 5) is 26.3. The summed E-state index contributed by atoms with van der Waals surface area (Å²) in [6.45, 7) is 1.32. The normalized spacial score (nSPS) is 14.3. The fourth-order valence-electron chi connectivity index (χ4n) is 3.10. The Labute approximate surface area is 164 Å². The van der Waals surface area contributed by atoms with Crippen LogP contribution in [0.15, 0.2) is 42.5 Å². The number of rotatable bonds is 1. The van der Waals surface area contributed by atoms with E-state index in [1.807, 2.05) is 58.8 Å². The molecular formula is C19H16FIN4O. The lowest BCUT2D eigenvalue weighted by Crippen LogP contribution is -2.33. The van der Waals surface area contributed by atoms with E-state index in [9.17, 15) is 9.18 Å². The van der Waals surface area contributed by atoms with Crippen molar-refractivity contribution in [1.29, 1.82) is 0 Å². The molecule has 26 heavy (non-hydrogen) atoms. The maximum absolute atomic E-state index is 13.4.